The molecule has 0 saturated carbocycles. The Bertz CT molecular complexity index is 634. The summed E-state index contributed by atoms with van der Waals surface area (Å²) < 4.78 is 7.30. The normalized spacial score (nSPS) is 17.6. The molecule has 1 fully saturated rings. The molecule has 1 N–H and O–H groups in total. The highest BCUT2D eigenvalue weighted by Crippen LogP contribution is 2.22. The van der Waals surface area contributed by atoms with E-state index in [9.17, 15) is 4.79 Å². The number of piperazine rings is 1. The second-order valence-corrected chi connectivity index (χ2v) is 7.62. The minimum absolute atomic E-state index is 0.00437. The number of nitrogens with zero attached hydrogens (tertiary/aromatic N) is 5. The largest absolute Gasteiger partial charge is 0.379 e. The molecule has 1 saturated heterocycles. The Morgan fingerprint density at radius 1 is 1.42 bits per heavy atom. The van der Waals surface area contributed by atoms with Crippen LogP contribution in [0.15, 0.2) is 17.4 Å². The molecule has 0 radical (unpaired) electrons. The van der Waals surface area contributed by atoms with Crippen LogP contribution in [0.2, 0.25) is 0 Å². The third-order valence-electron chi connectivity index (χ3n) is 4.52. The van der Waals surface area contributed by atoms with Crippen molar-refractivity contribution in [2.24, 2.45) is 17.5 Å². The molecule has 0 spiro atoms. The first-order chi connectivity index (χ1) is 12.3. The average molecular weight is 364 g/mol. The number of carbonyl (C=O) groups excluding carboxylic acids is 1. The lowest BCUT2D eigenvalue weighted by molar-refractivity contribution is -0.120. The third-order valence-corrected chi connectivity index (χ3v) is 4.52. The molecule has 1 aromatic heterocycles. The van der Waals surface area contributed by atoms with E-state index in [0.29, 0.717) is 19.6 Å². The monoisotopic (exact) mass is 364 g/mol. The molecule has 1 amide bonds. The Morgan fingerprint density at radius 3 is 2.65 bits per heavy atom. The molecule has 146 valence electrons. The fraction of sp³-hybridized carbons (Fsp3) is 0.722. The molecular weight excluding hydrogens is 332 g/mol. The summed E-state index contributed by atoms with van der Waals surface area (Å²) in [6.07, 6.45) is 3.60. The topological polar surface area (TPSA) is 75.0 Å². The maximum Gasteiger partial charge on any atom is 0.246 e. The van der Waals surface area contributed by atoms with Gasteiger partial charge in [-0.1, -0.05) is 20.8 Å². The number of guanidine groups is 1. The molecule has 1 aliphatic rings. The first-order valence-electron chi connectivity index (χ1n) is 9.11. The Kier molecular flexibility index (Phi) is 6.63. The maximum absolute atomic E-state index is 12.6. The van der Waals surface area contributed by atoms with Gasteiger partial charge in [-0.15, -0.1) is 0 Å². The van der Waals surface area contributed by atoms with Crippen LogP contribution in [0.1, 0.15) is 27.7 Å². The molecule has 2 heterocycles. The highest BCUT2D eigenvalue weighted by molar-refractivity contribution is 5.98. The minimum Gasteiger partial charge on any atom is -0.379 e. The van der Waals surface area contributed by atoms with Gasteiger partial charge in [0, 0.05) is 40.0 Å². The number of hydrogen-bond acceptors (Lipinski definition) is 4. The molecule has 0 aliphatic carbocycles. The minimum atomic E-state index is 0.00437. The summed E-state index contributed by atoms with van der Waals surface area (Å²) in [4.78, 5) is 21.1. The molecule has 26 heavy (non-hydrogen) atoms. The fourth-order valence-corrected chi connectivity index (χ4v) is 2.97. The van der Waals surface area contributed by atoms with Crippen LogP contribution in [0.25, 0.3) is 0 Å². The fourth-order valence-electron chi connectivity index (χ4n) is 2.97. The zero-order valence-corrected chi connectivity index (χ0v) is 16.8. The maximum atomic E-state index is 12.6. The standard InChI is InChI=1S/C18H32N6O2/c1-7-19-17(20-11-15(26-6)18(2,3)4)23-8-9-24(16(25)13-23)14-10-21-22(5)12-14/h10,12,15H,7-9,11,13H2,1-6H3,(H,19,20). The van der Waals surface area contributed by atoms with Crippen molar-refractivity contribution in [1.82, 2.24) is 20.0 Å². The van der Waals surface area contributed by atoms with Crippen molar-refractivity contribution >= 4 is 17.6 Å². The molecule has 0 bridgehead atoms. The number of anilines is 1. The number of amides is 1. The van der Waals surface area contributed by atoms with Gasteiger partial charge in [-0.3, -0.25) is 14.5 Å². The molecule has 8 nitrogen and oxygen atoms in total. The lowest BCUT2D eigenvalue weighted by atomic mass is 9.89. The average Bonchev–Trinajstić information content (AvgIpc) is 2.99. The van der Waals surface area contributed by atoms with Crippen molar-refractivity contribution in [1.29, 1.82) is 0 Å². The van der Waals surface area contributed by atoms with Gasteiger partial charge >= 0.3 is 0 Å². The Hall–Kier alpha value is -2.09. The zero-order valence-electron chi connectivity index (χ0n) is 16.8. The molecular formula is C18H32N6O2. The quantitative estimate of drug-likeness (QED) is 0.625. The molecule has 8 heteroatoms. The molecule has 1 aromatic rings. The van der Waals surface area contributed by atoms with E-state index in [1.165, 1.54) is 0 Å². The van der Waals surface area contributed by atoms with Crippen molar-refractivity contribution < 1.29 is 9.53 Å². The number of hydrogen-bond donors (Lipinski definition) is 1. The highest BCUT2D eigenvalue weighted by Gasteiger charge is 2.29. The molecule has 2 rings (SSSR count). The second-order valence-electron chi connectivity index (χ2n) is 7.62. The highest BCUT2D eigenvalue weighted by atomic mass is 16.5. The van der Waals surface area contributed by atoms with Gasteiger partial charge in [0.1, 0.15) is 6.54 Å². The van der Waals surface area contributed by atoms with Gasteiger partial charge in [0.25, 0.3) is 0 Å². The third kappa shape index (κ3) is 4.97. The summed E-state index contributed by atoms with van der Waals surface area (Å²) in [7, 11) is 3.57. The Morgan fingerprint density at radius 2 is 2.15 bits per heavy atom. The summed E-state index contributed by atoms with van der Waals surface area (Å²) in [6, 6.07) is 0. The van der Waals surface area contributed by atoms with Crippen LogP contribution in [-0.4, -0.2) is 72.5 Å². The van der Waals surface area contributed by atoms with Crippen LogP contribution in [-0.2, 0) is 16.6 Å². The smallest absolute Gasteiger partial charge is 0.246 e. The van der Waals surface area contributed by atoms with Gasteiger partial charge in [0.05, 0.1) is 24.5 Å². The summed E-state index contributed by atoms with van der Waals surface area (Å²) in [5.41, 5.74) is 0.844. The zero-order chi connectivity index (χ0) is 19.3. The predicted octanol–water partition coefficient (Wildman–Crippen LogP) is 1.10. The van der Waals surface area contributed by atoms with Crippen LogP contribution in [0.4, 0.5) is 5.69 Å². The van der Waals surface area contributed by atoms with Crippen LogP contribution in [0, 0.1) is 5.41 Å². The van der Waals surface area contributed by atoms with E-state index in [-0.39, 0.29) is 17.4 Å². The van der Waals surface area contributed by atoms with Crippen LogP contribution >= 0.6 is 0 Å². The summed E-state index contributed by atoms with van der Waals surface area (Å²) in [5.74, 6) is 0.812. The predicted molar refractivity (Wildman–Crippen MR) is 103 cm³/mol. The second kappa shape index (κ2) is 8.53. The van der Waals surface area contributed by atoms with Crippen molar-refractivity contribution in [2.45, 2.75) is 33.8 Å². The van der Waals surface area contributed by atoms with Gasteiger partial charge in [-0.25, -0.2) is 0 Å². The summed E-state index contributed by atoms with van der Waals surface area (Å²) >= 11 is 0. The van der Waals surface area contributed by atoms with E-state index >= 15 is 0 Å². The van der Waals surface area contributed by atoms with E-state index in [4.69, 9.17) is 9.73 Å². The molecule has 1 unspecified atom stereocenters. The van der Waals surface area contributed by atoms with E-state index < -0.39 is 0 Å². The van der Waals surface area contributed by atoms with Crippen LogP contribution in [0.5, 0.6) is 0 Å². The number of aryl methyl sites for hydroxylation is 1. The number of nitrogens with one attached hydrogen (secondary N) is 1. The molecule has 1 aliphatic heterocycles. The molecule has 0 aromatic carbocycles. The van der Waals surface area contributed by atoms with Crippen LogP contribution < -0.4 is 10.2 Å². The first kappa shape index (κ1) is 20.2. The summed E-state index contributed by atoms with van der Waals surface area (Å²) in [6.45, 7) is 11.4. The van der Waals surface area contributed by atoms with Gasteiger partial charge in [0.15, 0.2) is 5.96 Å². The summed E-state index contributed by atoms with van der Waals surface area (Å²) in [5, 5.41) is 7.45. The van der Waals surface area contributed by atoms with E-state index in [1.807, 2.05) is 25.1 Å². The number of methoxy groups -OCH3 is 1. The van der Waals surface area contributed by atoms with Crippen molar-refractivity contribution in [3.05, 3.63) is 12.4 Å². The lowest BCUT2D eigenvalue weighted by Crippen LogP contribution is -2.55. The van der Waals surface area contributed by atoms with Gasteiger partial charge in [-0.05, 0) is 12.3 Å². The van der Waals surface area contributed by atoms with Crippen molar-refractivity contribution in [3.63, 3.8) is 0 Å². The first-order valence-corrected chi connectivity index (χ1v) is 9.11. The Balaban J connectivity index is 2.06. The number of aliphatic imine (C=N–C) groups is 1. The Labute approximate surface area is 156 Å². The van der Waals surface area contributed by atoms with Crippen molar-refractivity contribution in [3.8, 4) is 0 Å². The number of rotatable bonds is 5. The van der Waals surface area contributed by atoms with Crippen LogP contribution in [0.3, 0.4) is 0 Å². The van der Waals surface area contributed by atoms with E-state index in [1.54, 1.807) is 22.9 Å². The lowest BCUT2D eigenvalue weighted by Gasteiger charge is -2.36. The number of carbonyl (C=O) groups is 1. The SMILES string of the molecule is CCNC(=NCC(OC)C(C)(C)C)N1CCN(c2cnn(C)c2)C(=O)C1. The molecule has 1 atom stereocenters. The van der Waals surface area contributed by atoms with Crippen molar-refractivity contribution in [2.75, 3.05) is 44.7 Å². The van der Waals surface area contributed by atoms with Gasteiger partial charge in [0.2, 0.25) is 5.91 Å². The number of aromatic nitrogens is 2. The van der Waals surface area contributed by atoms with E-state index in [0.717, 1.165) is 24.7 Å². The van der Waals surface area contributed by atoms with Gasteiger partial charge < -0.3 is 19.9 Å². The van der Waals surface area contributed by atoms with Gasteiger partial charge in [-0.2, -0.15) is 5.10 Å². The van der Waals surface area contributed by atoms with E-state index in [2.05, 4.69) is 31.2 Å². The number of ether oxygens (including phenoxy) is 1.